The standard InChI is InChI=1S/C16H12N4OS2/c21-14(17-8-12-9-20-6-7-22-16(20)18-12)13-10-23-15(19-13)11-4-2-1-3-5-11/h1-7,9-10H,8H2,(H,17,21). The predicted molar refractivity (Wildman–Crippen MR) is 91.8 cm³/mol. The Kier molecular flexibility index (Phi) is 3.64. The lowest BCUT2D eigenvalue weighted by molar-refractivity contribution is 0.0946. The van der Waals surface area contributed by atoms with Crippen LogP contribution in [0.5, 0.6) is 0 Å². The molecule has 0 saturated carbocycles. The number of hydrogen-bond donors (Lipinski definition) is 1. The fraction of sp³-hybridized carbons (Fsp3) is 0.0625. The van der Waals surface area contributed by atoms with Gasteiger partial charge < -0.3 is 5.32 Å². The molecule has 0 fully saturated rings. The topological polar surface area (TPSA) is 59.3 Å². The van der Waals surface area contributed by atoms with Crippen molar-refractivity contribution in [2.75, 3.05) is 0 Å². The van der Waals surface area contributed by atoms with Crippen molar-refractivity contribution in [1.29, 1.82) is 0 Å². The second-order valence-electron chi connectivity index (χ2n) is 4.91. The summed E-state index contributed by atoms with van der Waals surface area (Å²) in [5, 5.41) is 7.47. The zero-order chi connectivity index (χ0) is 15.6. The third-order valence-corrected chi connectivity index (χ3v) is 4.99. The molecule has 0 spiro atoms. The van der Waals surface area contributed by atoms with Gasteiger partial charge in [-0.05, 0) is 0 Å². The van der Waals surface area contributed by atoms with Crippen molar-refractivity contribution in [2.45, 2.75) is 6.54 Å². The second kappa shape index (κ2) is 5.94. The molecule has 3 aromatic heterocycles. The summed E-state index contributed by atoms with van der Waals surface area (Å²) in [6.07, 6.45) is 3.87. The Morgan fingerprint density at radius 3 is 2.87 bits per heavy atom. The van der Waals surface area contributed by atoms with Gasteiger partial charge in [-0.3, -0.25) is 9.20 Å². The van der Waals surface area contributed by atoms with Gasteiger partial charge in [-0.25, -0.2) is 9.97 Å². The van der Waals surface area contributed by atoms with Crippen molar-refractivity contribution in [3.05, 3.63) is 64.9 Å². The van der Waals surface area contributed by atoms with Crippen molar-refractivity contribution < 1.29 is 4.79 Å². The number of carbonyl (C=O) groups is 1. The molecule has 0 aliphatic rings. The molecule has 0 atom stereocenters. The zero-order valence-electron chi connectivity index (χ0n) is 12.0. The van der Waals surface area contributed by atoms with Crippen LogP contribution in [0.2, 0.25) is 0 Å². The summed E-state index contributed by atoms with van der Waals surface area (Å²) in [5.41, 5.74) is 2.30. The van der Waals surface area contributed by atoms with Crippen LogP contribution in [0.3, 0.4) is 0 Å². The molecular formula is C16H12N4OS2. The highest BCUT2D eigenvalue weighted by Gasteiger charge is 2.12. The Hall–Kier alpha value is -2.51. The molecule has 0 saturated heterocycles. The van der Waals surface area contributed by atoms with Crippen molar-refractivity contribution in [3.63, 3.8) is 0 Å². The van der Waals surface area contributed by atoms with Gasteiger partial charge in [0, 0.05) is 28.7 Å². The van der Waals surface area contributed by atoms with E-state index in [-0.39, 0.29) is 5.91 Å². The second-order valence-corrected chi connectivity index (χ2v) is 6.64. The van der Waals surface area contributed by atoms with Crippen molar-refractivity contribution in [2.24, 2.45) is 0 Å². The van der Waals surface area contributed by atoms with E-state index in [0.29, 0.717) is 12.2 Å². The number of imidazole rings is 1. The molecule has 4 aromatic rings. The molecule has 0 radical (unpaired) electrons. The van der Waals surface area contributed by atoms with Crippen LogP contribution in [-0.2, 0) is 6.54 Å². The molecule has 23 heavy (non-hydrogen) atoms. The van der Waals surface area contributed by atoms with Gasteiger partial charge in [-0.2, -0.15) is 0 Å². The van der Waals surface area contributed by atoms with Crippen LogP contribution >= 0.6 is 22.7 Å². The Morgan fingerprint density at radius 2 is 2.04 bits per heavy atom. The molecule has 1 N–H and O–H groups in total. The molecule has 1 aromatic carbocycles. The van der Waals surface area contributed by atoms with Gasteiger partial charge in [-0.15, -0.1) is 22.7 Å². The van der Waals surface area contributed by atoms with Gasteiger partial charge in [-0.1, -0.05) is 30.3 Å². The van der Waals surface area contributed by atoms with E-state index >= 15 is 0 Å². The molecule has 114 valence electrons. The maximum Gasteiger partial charge on any atom is 0.271 e. The third-order valence-electron chi connectivity index (χ3n) is 3.33. The number of nitrogens with zero attached hydrogens (tertiary/aromatic N) is 3. The summed E-state index contributed by atoms with van der Waals surface area (Å²) >= 11 is 3.04. The summed E-state index contributed by atoms with van der Waals surface area (Å²) in [4.78, 5) is 22.0. The first-order valence-electron chi connectivity index (χ1n) is 7.00. The molecular weight excluding hydrogens is 328 g/mol. The molecule has 0 unspecified atom stereocenters. The molecule has 1 amide bonds. The summed E-state index contributed by atoms with van der Waals surface area (Å²) in [7, 11) is 0. The van der Waals surface area contributed by atoms with E-state index < -0.39 is 0 Å². The SMILES string of the molecule is O=C(NCc1cn2ccsc2n1)c1csc(-c2ccccc2)n1. The summed E-state index contributed by atoms with van der Waals surface area (Å²) in [6, 6.07) is 9.85. The Labute approximate surface area is 140 Å². The average molecular weight is 340 g/mol. The Bertz CT molecular complexity index is 926. The lowest BCUT2D eigenvalue weighted by atomic mass is 10.2. The highest BCUT2D eigenvalue weighted by Crippen LogP contribution is 2.23. The van der Waals surface area contributed by atoms with Gasteiger partial charge in [0.05, 0.1) is 12.2 Å². The molecule has 0 bridgehead atoms. The number of carbonyl (C=O) groups excluding carboxylic acids is 1. The van der Waals surface area contributed by atoms with Gasteiger partial charge in [0.15, 0.2) is 4.96 Å². The number of benzene rings is 1. The molecule has 0 aliphatic carbocycles. The minimum Gasteiger partial charge on any atom is -0.345 e. The lowest BCUT2D eigenvalue weighted by Crippen LogP contribution is -2.23. The molecule has 5 nitrogen and oxygen atoms in total. The van der Waals surface area contributed by atoms with Crippen LogP contribution in [0.4, 0.5) is 0 Å². The monoisotopic (exact) mass is 340 g/mol. The number of amides is 1. The van der Waals surface area contributed by atoms with E-state index in [1.165, 1.54) is 11.3 Å². The Balaban J connectivity index is 1.45. The first-order valence-corrected chi connectivity index (χ1v) is 8.76. The van der Waals surface area contributed by atoms with Crippen molar-refractivity contribution in [1.82, 2.24) is 19.7 Å². The number of hydrogen-bond acceptors (Lipinski definition) is 5. The minimum absolute atomic E-state index is 0.181. The van der Waals surface area contributed by atoms with Crippen LogP contribution < -0.4 is 5.32 Å². The average Bonchev–Trinajstić information content (AvgIpc) is 3.29. The summed E-state index contributed by atoms with van der Waals surface area (Å²) in [5.74, 6) is -0.181. The quantitative estimate of drug-likeness (QED) is 0.619. The zero-order valence-corrected chi connectivity index (χ0v) is 13.6. The maximum atomic E-state index is 12.2. The highest BCUT2D eigenvalue weighted by atomic mass is 32.1. The van der Waals surface area contributed by atoms with Crippen LogP contribution in [0.25, 0.3) is 15.5 Å². The number of fused-ring (bicyclic) bond motifs is 1. The lowest BCUT2D eigenvalue weighted by Gasteiger charge is -1.99. The van der Waals surface area contributed by atoms with Gasteiger partial charge in [0.1, 0.15) is 10.7 Å². The third kappa shape index (κ3) is 2.88. The van der Waals surface area contributed by atoms with Crippen LogP contribution in [0.1, 0.15) is 16.2 Å². The molecule has 0 aliphatic heterocycles. The largest absolute Gasteiger partial charge is 0.345 e. The molecule has 7 heteroatoms. The van der Waals surface area contributed by atoms with Crippen molar-refractivity contribution >= 4 is 33.5 Å². The van der Waals surface area contributed by atoms with Gasteiger partial charge >= 0.3 is 0 Å². The molecule has 3 heterocycles. The first-order chi connectivity index (χ1) is 11.3. The minimum atomic E-state index is -0.181. The Morgan fingerprint density at radius 1 is 1.17 bits per heavy atom. The smallest absolute Gasteiger partial charge is 0.271 e. The number of aromatic nitrogens is 3. The predicted octanol–water partition coefficient (Wildman–Crippen LogP) is 3.45. The van der Waals surface area contributed by atoms with E-state index in [0.717, 1.165) is 21.2 Å². The maximum absolute atomic E-state index is 12.2. The normalized spacial score (nSPS) is 11.0. The summed E-state index contributed by atoms with van der Waals surface area (Å²) in [6.45, 7) is 0.394. The number of rotatable bonds is 4. The van der Waals surface area contributed by atoms with E-state index in [1.807, 2.05) is 52.5 Å². The van der Waals surface area contributed by atoms with Crippen LogP contribution in [0.15, 0.2) is 53.5 Å². The fourth-order valence-electron chi connectivity index (χ4n) is 2.21. The van der Waals surface area contributed by atoms with Crippen LogP contribution in [0, 0.1) is 0 Å². The van der Waals surface area contributed by atoms with Crippen LogP contribution in [-0.4, -0.2) is 20.3 Å². The fourth-order valence-corrected chi connectivity index (χ4v) is 3.74. The van der Waals surface area contributed by atoms with Gasteiger partial charge in [0.25, 0.3) is 5.91 Å². The van der Waals surface area contributed by atoms with E-state index in [1.54, 1.807) is 16.7 Å². The van der Waals surface area contributed by atoms with Gasteiger partial charge in [0.2, 0.25) is 0 Å². The highest BCUT2D eigenvalue weighted by molar-refractivity contribution is 7.15. The summed E-state index contributed by atoms with van der Waals surface area (Å²) < 4.78 is 1.95. The first kappa shape index (κ1) is 14.1. The van der Waals surface area contributed by atoms with Crippen molar-refractivity contribution in [3.8, 4) is 10.6 Å². The molecule has 4 rings (SSSR count). The van der Waals surface area contributed by atoms with E-state index in [2.05, 4.69) is 15.3 Å². The number of nitrogens with one attached hydrogen (secondary N) is 1. The van der Waals surface area contributed by atoms with E-state index in [9.17, 15) is 4.79 Å². The number of thiazole rings is 2. The van der Waals surface area contributed by atoms with E-state index in [4.69, 9.17) is 0 Å².